The van der Waals surface area contributed by atoms with Crippen LogP contribution >= 0.6 is 11.3 Å². The van der Waals surface area contributed by atoms with Gasteiger partial charge >= 0.3 is 0 Å². The van der Waals surface area contributed by atoms with E-state index < -0.39 is 0 Å². The number of amides is 1. The van der Waals surface area contributed by atoms with Crippen LogP contribution in [-0.4, -0.2) is 30.6 Å². The van der Waals surface area contributed by atoms with Gasteiger partial charge in [-0.25, -0.2) is 19.0 Å². The number of carbonyl (C=O) groups is 1. The first-order valence-electron chi connectivity index (χ1n) is 12.1. The van der Waals surface area contributed by atoms with Crippen molar-refractivity contribution < 1.29 is 9.18 Å². The number of benzene rings is 1. The third-order valence-electron chi connectivity index (χ3n) is 6.12. The fourth-order valence-corrected chi connectivity index (χ4v) is 4.41. The molecular formula is C28H26FN7OS. The maximum Gasteiger partial charge on any atom is 0.266 e. The number of rotatable bonds is 7. The van der Waals surface area contributed by atoms with Crippen molar-refractivity contribution in [2.45, 2.75) is 20.3 Å². The van der Waals surface area contributed by atoms with Gasteiger partial charge in [-0.1, -0.05) is 32.9 Å². The lowest BCUT2D eigenvalue weighted by molar-refractivity contribution is 0.103. The zero-order chi connectivity index (χ0) is 26.8. The fraction of sp³-hybridized carbons (Fsp3) is 0.143. The molecule has 1 atom stereocenters. The van der Waals surface area contributed by atoms with Gasteiger partial charge in [0.15, 0.2) is 11.5 Å². The van der Waals surface area contributed by atoms with E-state index >= 15 is 0 Å². The first-order chi connectivity index (χ1) is 18.3. The third-order valence-corrected chi connectivity index (χ3v) is 7.04. The summed E-state index contributed by atoms with van der Waals surface area (Å²) in [6.45, 7) is 8.39. The number of fused-ring (bicyclic) bond motifs is 1. The number of nitrogens with zero attached hydrogens (tertiary/aromatic N) is 5. The summed E-state index contributed by atoms with van der Waals surface area (Å²) in [7, 11) is 0. The van der Waals surface area contributed by atoms with Crippen LogP contribution < -0.4 is 11.1 Å². The number of carbonyl (C=O) groups excluding carboxylic acids is 1. The largest absolute Gasteiger partial charge is 0.391 e. The van der Waals surface area contributed by atoms with Crippen LogP contribution in [-0.2, 0) is 0 Å². The molecule has 0 fully saturated rings. The normalized spacial score (nSPS) is 14.3. The molecule has 0 radical (unpaired) electrons. The Labute approximate surface area is 223 Å². The Morgan fingerprint density at radius 2 is 2.00 bits per heavy atom. The van der Waals surface area contributed by atoms with Crippen LogP contribution in [0.5, 0.6) is 0 Å². The maximum atomic E-state index is 13.6. The molecule has 0 saturated heterocycles. The monoisotopic (exact) mass is 527 g/mol. The molecule has 0 saturated carbocycles. The molecule has 4 heterocycles. The number of thiophene rings is 1. The lowest BCUT2D eigenvalue weighted by Crippen LogP contribution is -2.15. The first kappa shape index (κ1) is 25.1. The molecule has 1 aliphatic rings. The minimum Gasteiger partial charge on any atom is -0.391 e. The highest BCUT2D eigenvalue weighted by Crippen LogP contribution is 2.29. The molecular weight excluding hydrogens is 501 g/mol. The predicted molar refractivity (Wildman–Crippen MR) is 150 cm³/mol. The molecule has 38 heavy (non-hydrogen) atoms. The van der Waals surface area contributed by atoms with Crippen molar-refractivity contribution in [2.24, 2.45) is 5.92 Å². The summed E-state index contributed by atoms with van der Waals surface area (Å²) in [4.78, 5) is 24.9. The number of hydrogen-bond donors (Lipinski definition) is 2. The maximum absolute atomic E-state index is 13.6. The highest BCUT2D eigenvalue weighted by Gasteiger charge is 2.20. The zero-order valence-electron chi connectivity index (χ0n) is 20.9. The van der Waals surface area contributed by atoms with E-state index in [9.17, 15) is 9.18 Å². The van der Waals surface area contributed by atoms with Crippen molar-refractivity contribution in [2.75, 3.05) is 11.1 Å². The van der Waals surface area contributed by atoms with E-state index in [1.165, 1.54) is 23.5 Å². The van der Waals surface area contributed by atoms with E-state index in [0.29, 0.717) is 44.2 Å². The molecule has 4 aromatic rings. The van der Waals surface area contributed by atoms with Gasteiger partial charge in [0, 0.05) is 23.7 Å². The summed E-state index contributed by atoms with van der Waals surface area (Å²) in [6, 6.07) is 9.28. The van der Waals surface area contributed by atoms with E-state index in [1.54, 1.807) is 35.1 Å². The Kier molecular flexibility index (Phi) is 6.89. The van der Waals surface area contributed by atoms with E-state index in [4.69, 9.17) is 15.7 Å². The van der Waals surface area contributed by atoms with Gasteiger partial charge in [-0.3, -0.25) is 4.79 Å². The standard InChI is InChI=1S/C28H26FN7OS/c1-4-17(2)13-14-35-16-19(6-5-18(35)3)25-32-26(34-28(37)23-11-12-24(30)38-23)22-15-31-36(27(22)33-25)21-9-7-20(29)8-10-21/h5-17H,3-4,30H2,1-2H3,(H,32,33,34,37)/b14-13-/t17-/m1/s1. The van der Waals surface area contributed by atoms with Gasteiger partial charge in [0.05, 0.1) is 27.1 Å². The summed E-state index contributed by atoms with van der Waals surface area (Å²) >= 11 is 1.19. The Morgan fingerprint density at radius 3 is 2.71 bits per heavy atom. The van der Waals surface area contributed by atoms with E-state index in [-0.39, 0.29) is 11.7 Å². The van der Waals surface area contributed by atoms with Gasteiger partial charge in [0.1, 0.15) is 11.6 Å². The van der Waals surface area contributed by atoms with Crippen molar-refractivity contribution in [3.63, 3.8) is 0 Å². The smallest absolute Gasteiger partial charge is 0.266 e. The van der Waals surface area contributed by atoms with Gasteiger partial charge in [-0.15, -0.1) is 11.3 Å². The number of allylic oxidation sites excluding steroid dienone is 4. The number of hydrogen-bond acceptors (Lipinski definition) is 7. The summed E-state index contributed by atoms with van der Waals surface area (Å²) < 4.78 is 15.2. The van der Waals surface area contributed by atoms with Gasteiger partial charge in [-0.2, -0.15) is 5.10 Å². The molecule has 1 aromatic carbocycles. The average molecular weight is 528 g/mol. The highest BCUT2D eigenvalue weighted by atomic mass is 32.1. The van der Waals surface area contributed by atoms with Crippen LogP contribution in [0.25, 0.3) is 22.3 Å². The highest BCUT2D eigenvalue weighted by molar-refractivity contribution is 7.17. The van der Waals surface area contributed by atoms with Crippen LogP contribution in [0.1, 0.15) is 35.8 Å². The number of halogens is 1. The quantitative estimate of drug-likeness (QED) is 0.299. The molecule has 0 spiro atoms. The molecule has 3 aromatic heterocycles. The minimum absolute atomic E-state index is 0.302. The van der Waals surface area contributed by atoms with E-state index in [0.717, 1.165) is 17.7 Å². The van der Waals surface area contributed by atoms with Crippen molar-refractivity contribution in [3.8, 4) is 5.69 Å². The van der Waals surface area contributed by atoms with Crippen molar-refractivity contribution in [3.05, 3.63) is 102 Å². The second-order valence-corrected chi connectivity index (χ2v) is 9.98. The Morgan fingerprint density at radius 1 is 1.21 bits per heavy atom. The Bertz CT molecular complexity index is 1610. The Balaban J connectivity index is 1.61. The third kappa shape index (κ3) is 5.12. The fourth-order valence-electron chi connectivity index (χ4n) is 3.74. The van der Waals surface area contributed by atoms with E-state index in [2.05, 4.69) is 36.9 Å². The number of nitrogens with two attached hydrogens (primary N) is 1. The first-order valence-corrected chi connectivity index (χ1v) is 12.9. The number of aromatic nitrogens is 4. The molecule has 10 heteroatoms. The second-order valence-electron chi connectivity index (χ2n) is 8.87. The van der Waals surface area contributed by atoms with Crippen LogP contribution in [0.4, 0.5) is 15.2 Å². The molecule has 0 bridgehead atoms. The SMILES string of the molecule is C=C1C=CC(c2nc(NC(=O)c3ccc(N)s3)c3cnn(-c4ccc(F)cc4)c3n2)=CN1/C=C\[C@H](C)CC. The van der Waals surface area contributed by atoms with E-state index in [1.807, 2.05) is 29.5 Å². The molecule has 1 aliphatic heterocycles. The average Bonchev–Trinajstić information content (AvgIpc) is 3.55. The minimum atomic E-state index is -0.355. The van der Waals surface area contributed by atoms with Gasteiger partial charge in [-0.05, 0) is 54.5 Å². The molecule has 5 rings (SSSR count). The summed E-state index contributed by atoms with van der Waals surface area (Å²) in [6.07, 6.45) is 12.3. The second kappa shape index (κ2) is 10.4. The lowest BCUT2D eigenvalue weighted by atomic mass is 10.1. The van der Waals surface area contributed by atoms with Crippen LogP contribution in [0.15, 0.2) is 85.5 Å². The van der Waals surface area contributed by atoms with Gasteiger partial charge in [0.2, 0.25) is 0 Å². The summed E-state index contributed by atoms with van der Waals surface area (Å²) in [5.74, 6) is 0.402. The molecule has 8 nitrogen and oxygen atoms in total. The molecule has 1 amide bonds. The lowest BCUT2D eigenvalue weighted by Gasteiger charge is -2.21. The van der Waals surface area contributed by atoms with Gasteiger partial charge in [0.25, 0.3) is 5.91 Å². The van der Waals surface area contributed by atoms with Crippen molar-refractivity contribution in [1.29, 1.82) is 0 Å². The topological polar surface area (TPSA) is 102 Å². The van der Waals surface area contributed by atoms with Crippen LogP contribution in [0, 0.1) is 11.7 Å². The van der Waals surface area contributed by atoms with Crippen molar-refractivity contribution in [1.82, 2.24) is 24.6 Å². The number of anilines is 2. The van der Waals surface area contributed by atoms with Crippen LogP contribution in [0.2, 0.25) is 0 Å². The molecule has 0 unspecified atom stereocenters. The Hall–Kier alpha value is -4.57. The molecule has 0 aliphatic carbocycles. The predicted octanol–water partition coefficient (Wildman–Crippen LogP) is 6.14. The molecule has 192 valence electrons. The number of nitrogens with one attached hydrogen (secondary N) is 1. The zero-order valence-corrected chi connectivity index (χ0v) is 21.7. The number of nitrogen functional groups attached to an aromatic ring is 1. The summed E-state index contributed by atoms with van der Waals surface area (Å²) in [5.41, 5.74) is 8.42. The van der Waals surface area contributed by atoms with Crippen molar-refractivity contribution >= 4 is 44.7 Å². The van der Waals surface area contributed by atoms with Gasteiger partial charge < -0.3 is 16.0 Å². The van der Waals surface area contributed by atoms with Crippen LogP contribution in [0.3, 0.4) is 0 Å². The molecule has 3 N–H and O–H groups in total. The summed E-state index contributed by atoms with van der Waals surface area (Å²) in [5, 5.41) is 8.43.